The SMILES string of the molecule is N#Cc1c(Br)cccc1Sc1ncco1. The highest BCUT2D eigenvalue weighted by molar-refractivity contribution is 9.10. The summed E-state index contributed by atoms with van der Waals surface area (Å²) < 4.78 is 5.88. The number of benzene rings is 1. The van der Waals surface area contributed by atoms with Gasteiger partial charge in [-0.15, -0.1) is 0 Å². The van der Waals surface area contributed by atoms with Gasteiger partial charge >= 0.3 is 0 Å². The second-order valence-electron chi connectivity index (χ2n) is 2.62. The van der Waals surface area contributed by atoms with Crippen molar-refractivity contribution in [2.75, 3.05) is 0 Å². The van der Waals surface area contributed by atoms with Crippen molar-refractivity contribution in [3.8, 4) is 6.07 Å². The Bertz CT molecular complexity index is 505. The Morgan fingerprint density at radius 2 is 2.33 bits per heavy atom. The van der Waals surface area contributed by atoms with Gasteiger partial charge in [-0.1, -0.05) is 6.07 Å². The third-order valence-electron chi connectivity index (χ3n) is 1.69. The number of nitriles is 1. The maximum absolute atomic E-state index is 8.98. The molecule has 0 aliphatic carbocycles. The first-order chi connectivity index (χ1) is 7.31. The number of hydrogen-bond donors (Lipinski definition) is 0. The van der Waals surface area contributed by atoms with Crippen LogP contribution in [0.1, 0.15) is 5.56 Å². The van der Waals surface area contributed by atoms with Gasteiger partial charge in [-0.25, -0.2) is 4.98 Å². The first-order valence-electron chi connectivity index (χ1n) is 4.07. The van der Waals surface area contributed by atoms with E-state index in [0.717, 1.165) is 9.37 Å². The van der Waals surface area contributed by atoms with Crippen LogP contribution in [0.15, 0.2) is 49.7 Å². The summed E-state index contributed by atoms with van der Waals surface area (Å²) in [6.45, 7) is 0. The molecule has 3 nitrogen and oxygen atoms in total. The molecule has 0 saturated heterocycles. The minimum absolute atomic E-state index is 0.532. The van der Waals surface area contributed by atoms with Crippen molar-refractivity contribution in [3.63, 3.8) is 0 Å². The van der Waals surface area contributed by atoms with Crippen LogP contribution in [-0.2, 0) is 0 Å². The minimum atomic E-state index is 0.532. The lowest BCUT2D eigenvalue weighted by molar-refractivity contribution is 0.454. The van der Waals surface area contributed by atoms with Crippen LogP contribution in [0.3, 0.4) is 0 Å². The van der Waals surface area contributed by atoms with E-state index in [1.165, 1.54) is 18.0 Å². The molecule has 0 aliphatic rings. The summed E-state index contributed by atoms with van der Waals surface area (Å²) in [7, 11) is 0. The van der Waals surface area contributed by atoms with E-state index in [2.05, 4.69) is 27.0 Å². The van der Waals surface area contributed by atoms with E-state index in [9.17, 15) is 0 Å². The van der Waals surface area contributed by atoms with Crippen LogP contribution in [0, 0.1) is 11.3 Å². The summed E-state index contributed by atoms with van der Waals surface area (Å²) in [5.41, 5.74) is 0.598. The fourth-order valence-corrected chi connectivity index (χ4v) is 2.45. The van der Waals surface area contributed by atoms with Crippen LogP contribution in [-0.4, -0.2) is 4.98 Å². The molecular formula is C10H5BrN2OS. The third kappa shape index (κ3) is 2.22. The van der Waals surface area contributed by atoms with Crippen LogP contribution in [0.2, 0.25) is 0 Å². The molecule has 0 spiro atoms. The predicted molar refractivity (Wildman–Crippen MR) is 59.5 cm³/mol. The monoisotopic (exact) mass is 280 g/mol. The van der Waals surface area contributed by atoms with Gasteiger partial charge in [0.25, 0.3) is 5.22 Å². The standard InChI is InChI=1S/C10H5BrN2OS/c11-8-2-1-3-9(7(8)6-12)15-10-13-4-5-14-10/h1-5H. The fourth-order valence-electron chi connectivity index (χ4n) is 1.05. The molecule has 0 saturated carbocycles. The Kier molecular flexibility index (Phi) is 3.09. The van der Waals surface area contributed by atoms with Crippen LogP contribution in [0.5, 0.6) is 0 Å². The van der Waals surface area contributed by atoms with E-state index in [-0.39, 0.29) is 0 Å². The number of nitrogens with zero attached hydrogens (tertiary/aromatic N) is 2. The second kappa shape index (κ2) is 4.51. The van der Waals surface area contributed by atoms with Crippen LogP contribution < -0.4 is 0 Å². The van der Waals surface area contributed by atoms with E-state index in [1.54, 1.807) is 6.20 Å². The molecule has 0 unspecified atom stereocenters. The van der Waals surface area contributed by atoms with Gasteiger partial charge in [0.05, 0.1) is 11.8 Å². The first kappa shape index (κ1) is 10.3. The average Bonchev–Trinajstić information content (AvgIpc) is 2.71. The lowest BCUT2D eigenvalue weighted by Crippen LogP contribution is -1.82. The molecule has 74 valence electrons. The van der Waals surface area contributed by atoms with Gasteiger partial charge in [-0.3, -0.25) is 0 Å². The first-order valence-corrected chi connectivity index (χ1v) is 5.68. The van der Waals surface area contributed by atoms with Crippen molar-refractivity contribution >= 4 is 27.7 Å². The predicted octanol–water partition coefficient (Wildman–Crippen LogP) is 3.46. The van der Waals surface area contributed by atoms with Gasteiger partial charge in [0, 0.05) is 9.37 Å². The van der Waals surface area contributed by atoms with E-state index < -0.39 is 0 Å². The van der Waals surface area contributed by atoms with Crippen molar-refractivity contribution in [1.82, 2.24) is 4.98 Å². The molecule has 2 rings (SSSR count). The summed E-state index contributed by atoms with van der Waals surface area (Å²) in [6, 6.07) is 7.70. The topological polar surface area (TPSA) is 49.8 Å². The molecule has 0 radical (unpaired) electrons. The highest BCUT2D eigenvalue weighted by Crippen LogP contribution is 2.32. The number of halogens is 1. The Hall–Kier alpha value is -1.25. The van der Waals surface area contributed by atoms with E-state index in [0.29, 0.717) is 10.8 Å². The molecule has 1 aromatic heterocycles. The highest BCUT2D eigenvalue weighted by atomic mass is 79.9. The molecule has 0 atom stereocenters. The Morgan fingerprint density at radius 1 is 1.47 bits per heavy atom. The van der Waals surface area contributed by atoms with Gasteiger partial charge in [0.15, 0.2) is 0 Å². The number of aromatic nitrogens is 1. The highest BCUT2D eigenvalue weighted by Gasteiger charge is 2.09. The molecule has 0 fully saturated rings. The van der Waals surface area contributed by atoms with Gasteiger partial charge < -0.3 is 4.42 Å². The molecule has 2 aromatic rings. The third-order valence-corrected chi connectivity index (χ3v) is 3.29. The molecular weight excluding hydrogens is 276 g/mol. The fraction of sp³-hybridized carbons (Fsp3) is 0. The zero-order chi connectivity index (χ0) is 10.7. The minimum Gasteiger partial charge on any atom is -0.440 e. The number of hydrogen-bond acceptors (Lipinski definition) is 4. The van der Waals surface area contributed by atoms with E-state index in [1.807, 2.05) is 18.2 Å². The molecule has 0 N–H and O–H groups in total. The van der Waals surface area contributed by atoms with Gasteiger partial charge in [0.1, 0.15) is 12.3 Å². The van der Waals surface area contributed by atoms with Crippen molar-refractivity contribution in [1.29, 1.82) is 5.26 Å². The normalized spacial score (nSPS) is 9.87. The Labute approximate surface area is 99.3 Å². The lowest BCUT2D eigenvalue weighted by atomic mass is 10.2. The largest absolute Gasteiger partial charge is 0.440 e. The second-order valence-corrected chi connectivity index (χ2v) is 4.47. The average molecular weight is 281 g/mol. The molecule has 1 aromatic carbocycles. The molecule has 0 bridgehead atoms. The lowest BCUT2D eigenvalue weighted by Gasteiger charge is -2.01. The maximum Gasteiger partial charge on any atom is 0.260 e. The summed E-state index contributed by atoms with van der Waals surface area (Å²) in [5, 5.41) is 9.52. The smallest absolute Gasteiger partial charge is 0.260 e. The van der Waals surface area contributed by atoms with E-state index >= 15 is 0 Å². The number of rotatable bonds is 2. The zero-order valence-corrected chi connectivity index (χ0v) is 9.88. The summed E-state index contributed by atoms with van der Waals surface area (Å²) in [4.78, 5) is 4.82. The van der Waals surface area contributed by atoms with E-state index in [4.69, 9.17) is 9.68 Å². The summed E-state index contributed by atoms with van der Waals surface area (Å²) >= 11 is 4.65. The molecule has 15 heavy (non-hydrogen) atoms. The Balaban J connectivity index is 2.37. The van der Waals surface area contributed by atoms with Crippen LogP contribution >= 0.6 is 27.7 Å². The zero-order valence-electron chi connectivity index (χ0n) is 7.48. The summed E-state index contributed by atoms with van der Waals surface area (Å²) in [6.07, 6.45) is 3.08. The molecule has 1 heterocycles. The number of oxazole rings is 1. The van der Waals surface area contributed by atoms with Crippen molar-refractivity contribution in [3.05, 3.63) is 40.7 Å². The van der Waals surface area contributed by atoms with Crippen molar-refractivity contribution in [2.24, 2.45) is 0 Å². The van der Waals surface area contributed by atoms with Crippen LogP contribution in [0.4, 0.5) is 0 Å². The molecule has 0 amide bonds. The van der Waals surface area contributed by atoms with Gasteiger partial charge in [-0.05, 0) is 39.8 Å². The molecule has 5 heteroatoms. The molecule has 0 aliphatic heterocycles. The van der Waals surface area contributed by atoms with Gasteiger partial charge in [-0.2, -0.15) is 5.26 Å². The maximum atomic E-state index is 8.98. The quantitative estimate of drug-likeness (QED) is 0.845. The van der Waals surface area contributed by atoms with Crippen LogP contribution in [0.25, 0.3) is 0 Å². The van der Waals surface area contributed by atoms with Gasteiger partial charge in [0.2, 0.25) is 0 Å². The summed E-state index contributed by atoms with van der Waals surface area (Å²) in [5.74, 6) is 0. The van der Waals surface area contributed by atoms with Crippen molar-refractivity contribution < 1.29 is 4.42 Å². The van der Waals surface area contributed by atoms with Crippen molar-refractivity contribution in [2.45, 2.75) is 10.1 Å². The Morgan fingerprint density at radius 3 is 3.00 bits per heavy atom.